The van der Waals surface area contributed by atoms with Crippen LogP contribution in [0.5, 0.6) is 0 Å². The van der Waals surface area contributed by atoms with Crippen LogP contribution in [0.15, 0.2) is 176 Å². The summed E-state index contributed by atoms with van der Waals surface area (Å²) in [7, 11) is 0. The third-order valence-corrected chi connectivity index (χ3v) is 9.94. The fraction of sp³-hybridized carbons (Fsp3) is 0. The van der Waals surface area contributed by atoms with E-state index in [0.29, 0.717) is 5.82 Å². The second-order valence-corrected chi connectivity index (χ2v) is 12.9. The summed E-state index contributed by atoms with van der Waals surface area (Å²) in [6.07, 6.45) is 3.85. The lowest BCUT2D eigenvalue weighted by Gasteiger charge is -2.14. The predicted octanol–water partition coefficient (Wildman–Crippen LogP) is 12.3. The molecule has 0 radical (unpaired) electrons. The topological polar surface area (TPSA) is 38.7 Å². The first-order valence-electron chi connectivity index (χ1n) is 16.9. The summed E-state index contributed by atoms with van der Waals surface area (Å²) >= 11 is 0. The molecule has 0 amide bonds. The minimum absolute atomic E-state index is 0.694. The molecule has 0 saturated carbocycles. The van der Waals surface area contributed by atoms with Crippen molar-refractivity contribution in [3.05, 3.63) is 176 Å². The van der Waals surface area contributed by atoms with Gasteiger partial charge in [0.1, 0.15) is 0 Å². The highest BCUT2D eigenvalue weighted by Crippen LogP contribution is 2.40. The lowest BCUT2D eigenvalue weighted by Crippen LogP contribution is -1.96. The monoisotopic (exact) mass is 635 g/mol. The van der Waals surface area contributed by atoms with Crippen molar-refractivity contribution in [1.82, 2.24) is 15.0 Å². The summed E-state index contributed by atoms with van der Waals surface area (Å²) in [5.41, 5.74) is 9.49. The Morgan fingerprint density at radius 3 is 1.64 bits per heavy atom. The van der Waals surface area contributed by atoms with E-state index >= 15 is 0 Å². The van der Waals surface area contributed by atoms with Gasteiger partial charge in [-0.05, 0) is 60.5 Å². The summed E-state index contributed by atoms with van der Waals surface area (Å²) < 4.78 is 0. The summed E-state index contributed by atoms with van der Waals surface area (Å²) in [5, 5.41) is 10.1. The number of aromatic nitrogens is 3. The maximum absolute atomic E-state index is 5.14. The number of hydrogen-bond acceptors (Lipinski definition) is 3. The smallest absolute Gasteiger partial charge is 0.160 e. The van der Waals surface area contributed by atoms with Crippen LogP contribution in [0.3, 0.4) is 0 Å². The Kier molecular flexibility index (Phi) is 6.49. The van der Waals surface area contributed by atoms with Crippen LogP contribution in [0, 0.1) is 0 Å². The van der Waals surface area contributed by atoms with E-state index in [1.807, 2.05) is 24.5 Å². The van der Waals surface area contributed by atoms with Crippen LogP contribution in [0.1, 0.15) is 0 Å². The van der Waals surface area contributed by atoms with Gasteiger partial charge in [-0.1, -0.05) is 158 Å². The molecular formula is C47H29N3. The average Bonchev–Trinajstić information content (AvgIpc) is 3.20. The van der Waals surface area contributed by atoms with Gasteiger partial charge in [0.05, 0.1) is 11.4 Å². The molecule has 10 aromatic rings. The van der Waals surface area contributed by atoms with Gasteiger partial charge in [-0.25, -0.2) is 9.97 Å². The normalized spacial score (nSPS) is 11.6. The van der Waals surface area contributed by atoms with Crippen LogP contribution < -0.4 is 0 Å². The number of nitrogens with zero attached hydrogens (tertiary/aromatic N) is 3. The molecule has 2 aromatic heterocycles. The van der Waals surface area contributed by atoms with E-state index in [1.165, 1.54) is 48.8 Å². The van der Waals surface area contributed by atoms with Gasteiger partial charge in [-0.2, -0.15) is 0 Å². The van der Waals surface area contributed by atoms with Crippen LogP contribution in [-0.2, 0) is 0 Å². The molecule has 3 heteroatoms. The highest BCUT2D eigenvalue weighted by atomic mass is 14.9. The first-order chi connectivity index (χ1) is 24.8. The molecule has 0 fully saturated rings. The molecule has 0 saturated heterocycles. The largest absolute Gasteiger partial charge is 0.263 e. The van der Waals surface area contributed by atoms with Crippen molar-refractivity contribution in [3.8, 4) is 56.2 Å². The maximum atomic E-state index is 5.14. The zero-order valence-electron chi connectivity index (χ0n) is 27.1. The van der Waals surface area contributed by atoms with Crippen molar-refractivity contribution in [1.29, 1.82) is 0 Å². The van der Waals surface area contributed by atoms with Gasteiger partial charge in [0.2, 0.25) is 0 Å². The first kappa shape index (κ1) is 28.3. The van der Waals surface area contributed by atoms with Crippen LogP contribution in [0.2, 0.25) is 0 Å². The SMILES string of the molecule is c1ccc(-c2cc(-c3ccc(-c4ccc5ccc6cccc7ccc4c5c67)cc3)nc(-c3ccc(-c4cncc5ccccc45)cc3)n2)cc1. The zero-order valence-corrected chi connectivity index (χ0v) is 27.1. The van der Waals surface area contributed by atoms with E-state index < -0.39 is 0 Å². The Bertz CT molecular complexity index is 2820. The summed E-state index contributed by atoms with van der Waals surface area (Å²) in [6.45, 7) is 0. The number of benzene rings is 8. The van der Waals surface area contributed by atoms with Crippen LogP contribution in [0.4, 0.5) is 0 Å². The van der Waals surface area contributed by atoms with Gasteiger partial charge in [0.25, 0.3) is 0 Å². The molecule has 10 rings (SSSR count). The third kappa shape index (κ3) is 4.71. The fourth-order valence-corrected chi connectivity index (χ4v) is 7.43. The highest BCUT2D eigenvalue weighted by Gasteiger charge is 2.14. The van der Waals surface area contributed by atoms with E-state index in [0.717, 1.165) is 44.6 Å². The molecule has 0 aliphatic rings. The highest BCUT2D eigenvalue weighted by molar-refractivity contribution is 6.25. The van der Waals surface area contributed by atoms with Gasteiger partial charge in [0.15, 0.2) is 5.82 Å². The number of pyridine rings is 1. The number of hydrogen-bond donors (Lipinski definition) is 0. The quantitative estimate of drug-likeness (QED) is 0.177. The van der Waals surface area contributed by atoms with Crippen LogP contribution in [0.25, 0.3) is 99.2 Å². The van der Waals surface area contributed by atoms with Crippen molar-refractivity contribution < 1.29 is 0 Å². The first-order valence-corrected chi connectivity index (χ1v) is 16.9. The predicted molar refractivity (Wildman–Crippen MR) is 208 cm³/mol. The summed E-state index contributed by atoms with van der Waals surface area (Å²) in [5.74, 6) is 0.694. The average molecular weight is 636 g/mol. The molecule has 0 spiro atoms. The molecule has 232 valence electrons. The second kappa shape index (κ2) is 11.5. The van der Waals surface area contributed by atoms with Gasteiger partial charge < -0.3 is 0 Å². The van der Waals surface area contributed by atoms with Crippen molar-refractivity contribution in [2.45, 2.75) is 0 Å². The standard InChI is InChI=1S/C47H29N3/c1-2-7-32(8-3-1)43-27-44(50-47(49-43)37-21-15-31(16-22-37)42-29-48-28-38-9-4-5-12-39(38)42)33-17-13-30(14-18-33)40-25-23-36-20-19-34-10-6-11-35-24-26-41(40)46(36)45(34)35/h1-29H. The lowest BCUT2D eigenvalue weighted by molar-refractivity contribution is 1.18. The van der Waals surface area contributed by atoms with Crippen molar-refractivity contribution in [2.75, 3.05) is 0 Å². The Labute approximate surface area is 289 Å². The minimum atomic E-state index is 0.694. The lowest BCUT2D eigenvalue weighted by atomic mass is 9.89. The molecule has 3 nitrogen and oxygen atoms in total. The van der Waals surface area contributed by atoms with E-state index in [-0.39, 0.29) is 0 Å². The molecule has 0 unspecified atom stereocenters. The molecule has 0 bridgehead atoms. The third-order valence-electron chi connectivity index (χ3n) is 9.94. The van der Waals surface area contributed by atoms with Gasteiger partial charge in [0, 0.05) is 40.0 Å². The van der Waals surface area contributed by atoms with E-state index in [9.17, 15) is 0 Å². The van der Waals surface area contributed by atoms with Crippen LogP contribution >= 0.6 is 0 Å². The van der Waals surface area contributed by atoms with E-state index in [4.69, 9.17) is 9.97 Å². The summed E-state index contributed by atoms with van der Waals surface area (Å²) in [6, 6.07) is 58.2. The van der Waals surface area contributed by atoms with Crippen molar-refractivity contribution >= 4 is 43.1 Å². The molecule has 2 heterocycles. The van der Waals surface area contributed by atoms with Gasteiger partial charge in [-0.15, -0.1) is 0 Å². The number of fused-ring (bicyclic) bond motifs is 1. The molecule has 0 N–H and O–H groups in total. The van der Waals surface area contributed by atoms with E-state index in [1.54, 1.807) is 0 Å². The van der Waals surface area contributed by atoms with Crippen LogP contribution in [-0.4, -0.2) is 15.0 Å². The molecule has 0 atom stereocenters. The minimum Gasteiger partial charge on any atom is -0.263 e. The zero-order chi connectivity index (χ0) is 33.0. The number of rotatable bonds is 5. The summed E-state index contributed by atoms with van der Waals surface area (Å²) in [4.78, 5) is 14.7. The molecule has 50 heavy (non-hydrogen) atoms. The van der Waals surface area contributed by atoms with Gasteiger partial charge in [-0.3, -0.25) is 4.98 Å². The Morgan fingerprint density at radius 1 is 0.320 bits per heavy atom. The maximum Gasteiger partial charge on any atom is 0.160 e. The second-order valence-electron chi connectivity index (χ2n) is 12.9. The molecular weight excluding hydrogens is 607 g/mol. The van der Waals surface area contributed by atoms with Crippen molar-refractivity contribution in [3.63, 3.8) is 0 Å². The van der Waals surface area contributed by atoms with Gasteiger partial charge >= 0.3 is 0 Å². The molecule has 0 aliphatic carbocycles. The fourth-order valence-electron chi connectivity index (χ4n) is 7.43. The van der Waals surface area contributed by atoms with E-state index in [2.05, 4.69) is 157 Å². The molecule has 8 aromatic carbocycles. The van der Waals surface area contributed by atoms with Crippen molar-refractivity contribution in [2.24, 2.45) is 0 Å². The Balaban J connectivity index is 1.05. The molecule has 0 aliphatic heterocycles. The Hall–Kier alpha value is -6.71. The Morgan fingerprint density at radius 2 is 0.880 bits per heavy atom.